The van der Waals surface area contributed by atoms with Crippen molar-refractivity contribution in [2.24, 2.45) is 0 Å². The topological polar surface area (TPSA) is 92.4 Å². The molecule has 0 radical (unpaired) electrons. The fourth-order valence-electron chi connectivity index (χ4n) is 3.12. The SMILES string of the molecule is Cc1ccc(CN(Cc2ccco2)C(=O)c2c[nH]c3ccc([N+](=O)[O-])cc23)s1. The van der Waals surface area contributed by atoms with Crippen LogP contribution in [0.3, 0.4) is 0 Å². The Hall–Kier alpha value is -3.39. The molecule has 0 saturated heterocycles. The van der Waals surface area contributed by atoms with Crippen LogP contribution in [0, 0.1) is 17.0 Å². The van der Waals surface area contributed by atoms with E-state index in [4.69, 9.17) is 4.42 Å². The average molecular weight is 395 g/mol. The second-order valence-corrected chi connectivity index (χ2v) is 7.81. The van der Waals surface area contributed by atoms with Gasteiger partial charge in [-0.2, -0.15) is 0 Å². The smallest absolute Gasteiger partial charge is 0.270 e. The highest BCUT2D eigenvalue weighted by Crippen LogP contribution is 2.26. The van der Waals surface area contributed by atoms with E-state index in [9.17, 15) is 14.9 Å². The Balaban J connectivity index is 1.70. The number of H-pyrrole nitrogens is 1. The summed E-state index contributed by atoms with van der Waals surface area (Å²) in [6.45, 7) is 2.76. The molecule has 4 rings (SSSR count). The lowest BCUT2D eigenvalue weighted by molar-refractivity contribution is -0.384. The van der Waals surface area contributed by atoms with Crippen molar-refractivity contribution < 1.29 is 14.1 Å². The number of benzene rings is 1. The van der Waals surface area contributed by atoms with Crippen LogP contribution in [0.5, 0.6) is 0 Å². The van der Waals surface area contributed by atoms with Gasteiger partial charge in [-0.15, -0.1) is 11.3 Å². The molecule has 7 nitrogen and oxygen atoms in total. The van der Waals surface area contributed by atoms with Crippen LogP contribution in [0.4, 0.5) is 5.69 Å². The number of hydrogen-bond donors (Lipinski definition) is 1. The zero-order valence-corrected chi connectivity index (χ0v) is 15.9. The van der Waals surface area contributed by atoms with Gasteiger partial charge in [0.2, 0.25) is 0 Å². The van der Waals surface area contributed by atoms with Gasteiger partial charge in [0.25, 0.3) is 11.6 Å². The number of carbonyl (C=O) groups excluding carboxylic acids is 1. The van der Waals surface area contributed by atoms with Gasteiger partial charge in [0, 0.05) is 39.0 Å². The highest BCUT2D eigenvalue weighted by atomic mass is 32.1. The molecular weight excluding hydrogens is 378 g/mol. The number of aromatic nitrogens is 1. The van der Waals surface area contributed by atoms with Gasteiger partial charge in [-0.1, -0.05) is 0 Å². The Morgan fingerprint density at radius 1 is 1.25 bits per heavy atom. The van der Waals surface area contributed by atoms with Crippen molar-refractivity contribution in [3.8, 4) is 0 Å². The quantitative estimate of drug-likeness (QED) is 0.372. The summed E-state index contributed by atoms with van der Waals surface area (Å²) in [5, 5.41) is 11.7. The second kappa shape index (κ2) is 7.32. The molecule has 0 aliphatic heterocycles. The van der Waals surface area contributed by atoms with Crippen molar-refractivity contribution in [1.82, 2.24) is 9.88 Å². The summed E-state index contributed by atoms with van der Waals surface area (Å²) < 4.78 is 5.42. The number of thiophene rings is 1. The average Bonchev–Trinajstić information content (AvgIpc) is 3.41. The number of fused-ring (bicyclic) bond motifs is 1. The molecule has 3 heterocycles. The monoisotopic (exact) mass is 395 g/mol. The zero-order valence-electron chi connectivity index (χ0n) is 15.0. The number of rotatable bonds is 6. The van der Waals surface area contributed by atoms with E-state index < -0.39 is 4.92 Å². The van der Waals surface area contributed by atoms with Crippen LogP contribution in [0.2, 0.25) is 0 Å². The summed E-state index contributed by atoms with van der Waals surface area (Å²) in [6.07, 6.45) is 3.17. The first-order valence-corrected chi connectivity index (χ1v) is 9.45. The minimum atomic E-state index is -0.463. The minimum absolute atomic E-state index is 0.0485. The Kier molecular flexibility index (Phi) is 4.70. The van der Waals surface area contributed by atoms with Crippen molar-refractivity contribution in [1.29, 1.82) is 0 Å². The lowest BCUT2D eigenvalue weighted by atomic mass is 10.1. The normalized spacial score (nSPS) is 11.0. The molecular formula is C20H17N3O4S. The number of hydrogen-bond acceptors (Lipinski definition) is 5. The molecule has 28 heavy (non-hydrogen) atoms. The maximum Gasteiger partial charge on any atom is 0.270 e. The Morgan fingerprint density at radius 3 is 2.79 bits per heavy atom. The van der Waals surface area contributed by atoms with Crippen molar-refractivity contribution in [2.45, 2.75) is 20.0 Å². The third-order valence-electron chi connectivity index (χ3n) is 4.46. The number of nitro groups is 1. The third kappa shape index (κ3) is 3.54. The molecule has 142 valence electrons. The predicted octanol–water partition coefficient (Wildman–Crippen LogP) is 4.88. The Bertz CT molecular complexity index is 1140. The van der Waals surface area contributed by atoms with Gasteiger partial charge in [0.1, 0.15) is 5.76 Å². The van der Waals surface area contributed by atoms with Gasteiger partial charge in [0.15, 0.2) is 0 Å². The summed E-state index contributed by atoms with van der Waals surface area (Å²) >= 11 is 1.63. The maximum absolute atomic E-state index is 13.3. The first-order valence-electron chi connectivity index (χ1n) is 8.64. The van der Waals surface area contributed by atoms with Gasteiger partial charge in [-0.25, -0.2) is 0 Å². The third-order valence-corrected chi connectivity index (χ3v) is 5.45. The summed E-state index contributed by atoms with van der Waals surface area (Å²) in [6, 6.07) is 12.1. The molecule has 0 aliphatic carbocycles. The molecule has 8 heteroatoms. The van der Waals surface area contributed by atoms with Crippen LogP contribution in [-0.2, 0) is 13.1 Å². The summed E-state index contributed by atoms with van der Waals surface area (Å²) in [7, 11) is 0. The van der Waals surface area contributed by atoms with Crippen LogP contribution in [0.1, 0.15) is 25.9 Å². The molecule has 1 amide bonds. The number of non-ortho nitro benzene ring substituents is 1. The number of aromatic amines is 1. The summed E-state index contributed by atoms with van der Waals surface area (Å²) in [4.78, 5) is 30.9. The van der Waals surface area contributed by atoms with Gasteiger partial charge >= 0.3 is 0 Å². The summed E-state index contributed by atoms with van der Waals surface area (Å²) in [5.74, 6) is 0.460. The molecule has 4 aromatic rings. The predicted molar refractivity (Wildman–Crippen MR) is 106 cm³/mol. The van der Waals surface area contributed by atoms with E-state index in [1.54, 1.807) is 40.8 Å². The van der Waals surface area contributed by atoms with E-state index in [0.717, 1.165) is 4.88 Å². The number of aryl methyl sites for hydroxylation is 1. The minimum Gasteiger partial charge on any atom is -0.467 e. The van der Waals surface area contributed by atoms with E-state index in [0.29, 0.717) is 35.3 Å². The molecule has 3 aromatic heterocycles. The molecule has 1 aromatic carbocycles. The standard InChI is InChI=1S/C20H17N3O4S/c1-13-4-6-16(28-13)12-22(11-15-3-2-8-27-15)20(24)18-10-21-19-7-5-14(23(25)26)9-17(18)19/h2-10,21H,11-12H2,1H3. The largest absolute Gasteiger partial charge is 0.467 e. The van der Waals surface area contributed by atoms with Crippen LogP contribution in [-0.4, -0.2) is 20.7 Å². The van der Waals surface area contributed by atoms with E-state index in [-0.39, 0.29) is 11.6 Å². The van der Waals surface area contributed by atoms with Gasteiger partial charge in [0.05, 0.1) is 29.8 Å². The van der Waals surface area contributed by atoms with Gasteiger partial charge in [-0.3, -0.25) is 14.9 Å². The molecule has 0 unspecified atom stereocenters. The number of nitro benzene ring substituents is 1. The van der Waals surface area contributed by atoms with Crippen LogP contribution in [0.25, 0.3) is 10.9 Å². The zero-order chi connectivity index (χ0) is 19.7. The van der Waals surface area contributed by atoms with E-state index in [1.807, 2.05) is 25.1 Å². The number of carbonyl (C=O) groups is 1. The molecule has 0 fully saturated rings. The second-order valence-electron chi connectivity index (χ2n) is 6.44. The Morgan fingerprint density at radius 2 is 2.11 bits per heavy atom. The Labute approximate surface area is 164 Å². The molecule has 0 atom stereocenters. The van der Waals surface area contributed by atoms with Crippen molar-refractivity contribution in [2.75, 3.05) is 0 Å². The molecule has 1 N–H and O–H groups in total. The highest BCUT2D eigenvalue weighted by molar-refractivity contribution is 7.11. The number of nitrogens with one attached hydrogen (secondary N) is 1. The fourth-order valence-corrected chi connectivity index (χ4v) is 4.02. The molecule has 0 saturated carbocycles. The number of amides is 1. The highest BCUT2D eigenvalue weighted by Gasteiger charge is 2.22. The van der Waals surface area contributed by atoms with Crippen molar-refractivity contribution in [3.05, 3.63) is 86.1 Å². The van der Waals surface area contributed by atoms with E-state index in [1.165, 1.54) is 17.0 Å². The number of nitrogens with zero attached hydrogens (tertiary/aromatic N) is 2. The lowest BCUT2D eigenvalue weighted by Crippen LogP contribution is -2.29. The maximum atomic E-state index is 13.3. The first kappa shape index (κ1) is 18.0. The van der Waals surface area contributed by atoms with Crippen LogP contribution < -0.4 is 0 Å². The summed E-state index contributed by atoms with van der Waals surface area (Å²) in [5.41, 5.74) is 1.03. The number of furan rings is 1. The molecule has 0 aliphatic rings. The molecule has 0 bridgehead atoms. The van der Waals surface area contributed by atoms with Crippen molar-refractivity contribution >= 4 is 33.8 Å². The van der Waals surface area contributed by atoms with E-state index in [2.05, 4.69) is 4.98 Å². The van der Waals surface area contributed by atoms with Crippen LogP contribution in [0.15, 0.2) is 59.3 Å². The molecule has 0 spiro atoms. The van der Waals surface area contributed by atoms with Gasteiger partial charge < -0.3 is 14.3 Å². The van der Waals surface area contributed by atoms with E-state index >= 15 is 0 Å². The van der Waals surface area contributed by atoms with Crippen LogP contribution >= 0.6 is 11.3 Å². The van der Waals surface area contributed by atoms with Crippen molar-refractivity contribution in [3.63, 3.8) is 0 Å². The fraction of sp³-hybridized carbons (Fsp3) is 0.150. The first-order chi connectivity index (χ1) is 13.5. The lowest BCUT2D eigenvalue weighted by Gasteiger charge is -2.21. The van der Waals surface area contributed by atoms with Gasteiger partial charge in [-0.05, 0) is 37.3 Å².